The van der Waals surface area contributed by atoms with Crippen LogP contribution in [0.1, 0.15) is 101 Å². The molecule has 0 unspecified atom stereocenters. The second-order valence-corrected chi connectivity index (χ2v) is 7.37. The summed E-state index contributed by atoms with van der Waals surface area (Å²) < 4.78 is 5.42. The molecule has 0 radical (unpaired) electrons. The van der Waals surface area contributed by atoms with Crippen molar-refractivity contribution in [3.05, 3.63) is 34.4 Å². The molecule has 0 spiro atoms. The largest absolute Gasteiger partial charge is 0.460 e. The van der Waals surface area contributed by atoms with E-state index in [4.69, 9.17) is 4.74 Å². The first kappa shape index (κ1) is 20.4. The fourth-order valence-corrected chi connectivity index (χ4v) is 2.76. The molecule has 0 bridgehead atoms. The fraction of sp³-hybridized carbons (Fsp3) is 0.619. The number of esters is 1. The molecule has 0 atom stereocenters. The summed E-state index contributed by atoms with van der Waals surface area (Å²) in [7, 11) is 0. The molecule has 1 aromatic rings. The Morgan fingerprint density at radius 1 is 0.917 bits per heavy atom. The monoisotopic (exact) mass is 332 g/mol. The van der Waals surface area contributed by atoms with Crippen molar-refractivity contribution in [3.8, 4) is 0 Å². The van der Waals surface area contributed by atoms with E-state index in [1.54, 1.807) is 6.92 Å². The van der Waals surface area contributed by atoms with Crippen molar-refractivity contribution in [2.75, 3.05) is 0 Å². The number of carbonyl (C=O) groups excluding carboxylic acids is 2. The lowest BCUT2D eigenvalue weighted by molar-refractivity contribution is -0.147. The zero-order chi connectivity index (χ0) is 18.4. The molecule has 0 fully saturated rings. The lowest BCUT2D eigenvalue weighted by Gasteiger charge is -2.22. The van der Waals surface area contributed by atoms with Crippen LogP contribution in [0.15, 0.2) is 12.1 Å². The highest BCUT2D eigenvalue weighted by molar-refractivity contribution is 5.95. The molecule has 1 aromatic carbocycles. The molecule has 0 heterocycles. The summed E-state index contributed by atoms with van der Waals surface area (Å²) in [5.74, 6) is 0.653. The second-order valence-electron chi connectivity index (χ2n) is 7.37. The predicted molar refractivity (Wildman–Crippen MR) is 98.4 cm³/mol. The Morgan fingerprint density at radius 2 is 1.42 bits per heavy atom. The molecule has 0 aliphatic carbocycles. The van der Waals surface area contributed by atoms with Crippen LogP contribution in [0.2, 0.25) is 0 Å². The maximum atomic E-state index is 11.9. The molecule has 3 heteroatoms. The summed E-state index contributed by atoms with van der Waals surface area (Å²) >= 11 is 0. The van der Waals surface area contributed by atoms with Crippen molar-refractivity contribution in [1.29, 1.82) is 0 Å². The number of hydrogen-bond acceptors (Lipinski definition) is 3. The lowest BCUT2D eigenvalue weighted by Crippen LogP contribution is -2.13. The minimum atomic E-state index is -0.431. The van der Waals surface area contributed by atoms with E-state index >= 15 is 0 Å². The number of carbonyl (C=O) groups is 2. The van der Waals surface area contributed by atoms with Gasteiger partial charge in [-0.25, -0.2) is 0 Å². The van der Waals surface area contributed by atoms with Crippen LogP contribution in [0.5, 0.6) is 0 Å². The van der Waals surface area contributed by atoms with E-state index in [2.05, 4.69) is 53.7 Å². The van der Waals surface area contributed by atoms with E-state index in [0.717, 1.165) is 5.56 Å². The van der Waals surface area contributed by atoms with Gasteiger partial charge in [0.15, 0.2) is 0 Å². The number of ketones is 1. The molecule has 0 aliphatic rings. The molecule has 0 N–H and O–H groups in total. The van der Waals surface area contributed by atoms with Crippen molar-refractivity contribution in [1.82, 2.24) is 0 Å². The van der Waals surface area contributed by atoms with Gasteiger partial charge in [0.25, 0.3) is 0 Å². The highest BCUT2D eigenvalue weighted by Gasteiger charge is 2.19. The van der Waals surface area contributed by atoms with Gasteiger partial charge in [-0.05, 0) is 40.0 Å². The number of rotatable bonds is 8. The Balaban J connectivity index is 3.15. The zero-order valence-corrected chi connectivity index (χ0v) is 16.2. The third-order valence-corrected chi connectivity index (χ3v) is 4.37. The Labute approximate surface area is 146 Å². The summed E-state index contributed by atoms with van der Waals surface area (Å²) in [5.41, 5.74) is 4.89. The van der Waals surface area contributed by atoms with Gasteiger partial charge in [0.1, 0.15) is 18.8 Å². The number of ether oxygens (including phenoxy) is 1. The molecule has 24 heavy (non-hydrogen) atoms. The third-order valence-electron chi connectivity index (χ3n) is 4.37. The quantitative estimate of drug-likeness (QED) is 0.468. The third kappa shape index (κ3) is 5.47. The smallest absolute Gasteiger partial charge is 0.313 e. The van der Waals surface area contributed by atoms with E-state index in [0.29, 0.717) is 24.2 Å². The first-order valence-corrected chi connectivity index (χ1v) is 9.01. The highest BCUT2D eigenvalue weighted by Crippen LogP contribution is 2.32. The van der Waals surface area contributed by atoms with Crippen LogP contribution < -0.4 is 0 Å². The maximum absolute atomic E-state index is 11.9. The van der Waals surface area contributed by atoms with Gasteiger partial charge >= 0.3 is 5.97 Å². The van der Waals surface area contributed by atoms with Gasteiger partial charge in [-0.3, -0.25) is 9.59 Å². The van der Waals surface area contributed by atoms with Gasteiger partial charge in [0.05, 0.1) is 0 Å². The molecule has 0 aliphatic heterocycles. The normalized spacial score (nSPS) is 11.4. The number of Topliss-reactive ketones (excluding diaryl/α,β-unsaturated/α-hetero) is 1. The van der Waals surface area contributed by atoms with E-state index < -0.39 is 5.97 Å². The summed E-state index contributed by atoms with van der Waals surface area (Å²) in [6, 6.07) is 4.48. The molecule has 134 valence electrons. The van der Waals surface area contributed by atoms with Crippen LogP contribution in [0, 0.1) is 0 Å². The second kappa shape index (κ2) is 9.00. The summed E-state index contributed by atoms with van der Waals surface area (Å²) in [5, 5.41) is 0. The van der Waals surface area contributed by atoms with Gasteiger partial charge < -0.3 is 4.74 Å². The predicted octanol–water partition coefficient (Wildman–Crippen LogP) is 5.47. The van der Waals surface area contributed by atoms with Crippen LogP contribution in [0.3, 0.4) is 0 Å². The van der Waals surface area contributed by atoms with Crippen molar-refractivity contribution in [3.63, 3.8) is 0 Å². The molecule has 0 aromatic heterocycles. The molecular weight excluding hydrogens is 300 g/mol. The average Bonchev–Trinajstić information content (AvgIpc) is 2.51. The van der Waals surface area contributed by atoms with Crippen molar-refractivity contribution in [2.24, 2.45) is 0 Å². The van der Waals surface area contributed by atoms with Crippen molar-refractivity contribution < 1.29 is 14.3 Å². The summed E-state index contributed by atoms with van der Waals surface area (Å²) in [6.07, 6.45) is 0.237. The minimum Gasteiger partial charge on any atom is -0.460 e. The molecular formula is C21H32O3. The lowest BCUT2D eigenvalue weighted by atomic mass is 9.85. The van der Waals surface area contributed by atoms with E-state index in [-0.39, 0.29) is 18.8 Å². The maximum Gasteiger partial charge on any atom is 0.313 e. The van der Waals surface area contributed by atoms with Gasteiger partial charge in [0, 0.05) is 6.42 Å². The van der Waals surface area contributed by atoms with Crippen molar-refractivity contribution in [2.45, 2.75) is 85.7 Å². The minimum absolute atomic E-state index is 0.0803. The molecule has 0 saturated heterocycles. The first-order valence-electron chi connectivity index (χ1n) is 9.01. The fourth-order valence-electron chi connectivity index (χ4n) is 2.76. The summed E-state index contributed by atoms with van der Waals surface area (Å²) in [4.78, 5) is 23.3. The molecule has 0 amide bonds. The topological polar surface area (TPSA) is 43.4 Å². The van der Waals surface area contributed by atoms with Gasteiger partial charge in [-0.15, -0.1) is 0 Å². The highest BCUT2D eigenvalue weighted by atomic mass is 16.5. The zero-order valence-electron chi connectivity index (χ0n) is 16.2. The number of benzene rings is 1. The Morgan fingerprint density at radius 3 is 1.79 bits per heavy atom. The van der Waals surface area contributed by atoms with Crippen LogP contribution in [-0.2, 0) is 20.9 Å². The van der Waals surface area contributed by atoms with Crippen LogP contribution in [0.25, 0.3) is 0 Å². The van der Waals surface area contributed by atoms with E-state index in [1.807, 2.05) is 0 Å². The number of hydrogen-bond donors (Lipinski definition) is 0. The first-order chi connectivity index (χ1) is 11.2. The van der Waals surface area contributed by atoms with Gasteiger partial charge in [-0.2, -0.15) is 0 Å². The Hall–Kier alpha value is -1.64. The van der Waals surface area contributed by atoms with Crippen LogP contribution in [-0.4, -0.2) is 11.8 Å². The van der Waals surface area contributed by atoms with E-state index in [1.165, 1.54) is 16.7 Å². The molecule has 1 rings (SSSR count). The van der Waals surface area contributed by atoms with Crippen LogP contribution in [0.4, 0.5) is 0 Å². The van der Waals surface area contributed by atoms with Crippen LogP contribution >= 0.6 is 0 Å². The molecule has 0 saturated carbocycles. The average molecular weight is 332 g/mol. The Kier molecular flexibility index (Phi) is 7.65. The van der Waals surface area contributed by atoms with Gasteiger partial charge in [0.2, 0.25) is 0 Å². The molecule has 3 nitrogen and oxygen atoms in total. The van der Waals surface area contributed by atoms with Crippen molar-refractivity contribution >= 4 is 11.8 Å². The van der Waals surface area contributed by atoms with E-state index in [9.17, 15) is 9.59 Å². The van der Waals surface area contributed by atoms with Gasteiger partial charge in [-0.1, -0.05) is 60.6 Å². The SMILES string of the molecule is CCC(=O)CC(=O)OCc1c(C(C)C)cc(C(C)C)cc1C(C)C. The Bertz CT molecular complexity index is 554. The standard InChI is InChI=1S/C21H32O3/c1-8-17(22)11-21(23)24-12-20-18(14(4)5)9-16(13(2)3)10-19(20)15(6)7/h9-10,13-15H,8,11-12H2,1-7H3. The summed E-state index contributed by atoms with van der Waals surface area (Å²) in [6.45, 7) is 15.0.